The number of carbonyl (C=O) groups excluding carboxylic acids is 1. The van der Waals surface area contributed by atoms with Crippen molar-refractivity contribution in [2.45, 2.75) is 403 Å². The van der Waals surface area contributed by atoms with Gasteiger partial charge in [0.25, 0.3) is 0 Å². The minimum atomic E-state index is -1.67. The zero-order valence-electron chi connectivity index (χ0n) is 55.4. The third kappa shape index (κ3) is 49.5. The van der Waals surface area contributed by atoms with Crippen LogP contribution in [-0.2, 0) is 14.3 Å². The van der Waals surface area contributed by atoms with Crippen LogP contribution in [0.4, 0.5) is 0 Å². The molecule has 0 bridgehead atoms. The maximum Gasteiger partial charge on any atom is 0.249 e. The van der Waals surface area contributed by atoms with E-state index in [2.05, 4.69) is 67.8 Å². The smallest absolute Gasteiger partial charge is 0.249 e. The van der Waals surface area contributed by atoms with E-state index in [4.69, 9.17) is 9.47 Å². The first kappa shape index (κ1) is 81.1. The lowest BCUT2D eigenvalue weighted by atomic mass is 9.98. The van der Waals surface area contributed by atoms with Gasteiger partial charge in [0, 0.05) is 0 Å². The minimum Gasteiger partial charge on any atom is -0.394 e. The lowest BCUT2D eigenvalue weighted by molar-refractivity contribution is -0.303. The molecule has 1 aliphatic heterocycles. The Morgan fingerprint density at radius 3 is 1.12 bits per heavy atom. The second-order valence-electron chi connectivity index (χ2n) is 25.6. The van der Waals surface area contributed by atoms with Crippen LogP contribution in [-0.4, -0.2) is 110 Å². The summed E-state index contributed by atoms with van der Waals surface area (Å²) in [6, 6.07) is -1.20. The molecule has 0 spiro atoms. The van der Waals surface area contributed by atoms with Crippen molar-refractivity contribution in [3.8, 4) is 0 Å². The zero-order chi connectivity index (χ0) is 61.7. The van der Waals surface area contributed by atoms with Gasteiger partial charge in [-0.15, -0.1) is 0 Å². The molecule has 8 N–H and O–H groups in total. The fourth-order valence-corrected chi connectivity index (χ4v) is 11.7. The highest BCUT2D eigenvalue weighted by molar-refractivity contribution is 5.80. The molecule has 0 saturated carbocycles. The SMILES string of the molecule is CCCCCCCCCCC/C=C\C/C=C\CCCCCCCCCCCCCCC(O)C(=O)NC(COC1OC(CO)C(O)C(O)C1O)C(O)C(O)CCC/C=C/CC/C=C/CCCCCCCCCCCCCCCCCCCCCCC. The molecule has 1 heterocycles. The number of hydrogen-bond donors (Lipinski definition) is 8. The first-order chi connectivity index (χ1) is 41.7. The summed E-state index contributed by atoms with van der Waals surface area (Å²) in [6.45, 7) is 3.49. The van der Waals surface area contributed by atoms with E-state index < -0.39 is 74.2 Å². The number of nitrogens with one attached hydrogen (secondary N) is 1. The summed E-state index contributed by atoms with van der Waals surface area (Å²) in [7, 11) is 0. The Balaban J connectivity index is 2.22. The van der Waals surface area contributed by atoms with Crippen molar-refractivity contribution in [3.05, 3.63) is 48.6 Å². The number of amides is 1. The van der Waals surface area contributed by atoms with E-state index >= 15 is 0 Å². The predicted molar refractivity (Wildman–Crippen MR) is 358 cm³/mol. The molecule has 1 amide bonds. The average Bonchev–Trinajstić information content (AvgIpc) is 3.70. The van der Waals surface area contributed by atoms with Crippen molar-refractivity contribution < 1.29 is 50.0 Å². The Kier molecular flexibility index (Phi) is 59.4. The Bertz CT molecular complexity index is 1520. The van der Waals surface area contributed by atoms with Crippen LogP contribution in [0.2, 0.25) is 0 Å². The lowest BCUT2D eigenvalue weighted by Gasteiger charge is -2.40. The van der Waals surface area contributed by atoms with Gasteiger partial charge in [-0.2, -0.15) is 0 Å². The van der Waals surface area contributed by atoms with E-state index in [1.165, 1.54) is 257 Å². The van der Waals surface area contributed by atoms with Gasteiger partial charge in [0.1, 0.15) is 36.6 Å². The van der Waals surface area contributed by atoms with E-state index in [0.29, 0.717) is 19.3 Å². The molecule has 500 valence electrons. The van der Waals surface area contributed by atoms with E-state index in [0.717, 1.165) is 44.9 Å². The highest BCUT2D eigenvalue weighted by Crippen LogP contribution is 2.24. The van der Waals surface area contributed by atoms with Crippen LogP contribution >= 0.6 is 0 Å². The van der Waals surface area contributed by atoms with Crippen LogP contribution in [0.1, 0.15) is 348 Å². The largest absolute Gasteiger partial charge is 0.394 e. The molecule has 85 heavy (non-hydrogen) atoms. The van der Waals surface area contributed by atoms with E-state index in [-0.39, 0.29) is 12.8 Å². The molecule has 1 rings (SSSR count). The maximum absolute atomic E-state index is 13.3. The van der Waals surface area contributed by atoms with Crippen molar-refractivity contribution in [1.29, 1.82) is 0 Å². The Morgan fingerprint density at radius 1 is 0.412 bits per heavy atom. The van der Waals surface area contributed by atoms with Crippen molar-refractivity contribution in [3.63, 3.8) is 0 Å². The Labute approximate surface area is 523 Å². The summed E-state index contributed by atoms with van der Waals surface area (Å²) in [5.74, 6) is -0.708. The number of hydrogen-bond acceptors (Lipinski definition) is 10. The topological polar surface area (TPSA) is 189 Å². The van der Waals surface area contributed by atoms with E-state index in [9.17, 15) is 40.5 Å². The summed E-state index contributed by atoms with van der Waals surface area (Å²) < 4.78 is 11.2. The van der Waals surface area contributed by atoms with E-state index in [1.807, 2.05) is 0 Å². The van der Waals surface area contributed by atoms with Gasteiger partial charge in [-0.25, -0.2) is 0 Å². The van der Waals surface area contributed by atoms with Gasteiger partial charge in [-0.05, 0) is 83.5 Å². The quantitative estimate of drug-likeness (QED) is 0.0215. The van der Waals surface area contributed by atoms with Gasteiger partial charge in [-0.1, -0.05) is 313 Å². The number of aliphatic hydroxyl groups excluding tert-OH is 7. The standard InChI is InChI=1S/C74H139NO10/c1-3-5-7-9-11-13-15-17-19-21-23-25-27-29-31-33-34-36-37-39-41-43-45-47-49-51-53-55-57-59-61-66(77)69(79)65(64-84-74-72(82)71(81)70(80)68(63-76)85-74)75-73(83)67(78)62-60-58-56-54-52-50-48-46-44-42-40-38-35-32-30-28-26-24-22-20-18-16-14-12-10-8-6-4-2/h24,26,30,32,45,47,53,55,65-72,74,76-82H,3-23,25,27-29,31,33-44,46,48-52,54,56-64H2,1-2H3,(H,75,83)/b26-24-,32-30-,47-45+,55-53+. The number of unbranched alkanes of at least 4 members (excludes halogenated alkanes) is 44. The van der Waals surface area contributed by atoms with Crippen molar-refractivity contribution in [2.75, 3.05) is 13.2 Å². The molecule has 11 heteroatoms. The molecule has 0 aromatic rings. The normalized spacial score (nSPS) is 19.1. The van der Waals surface area contributed by atoms with Crippen LogP contribution in [0.15, 0.2) is 48.6 Å². The van der Waals surface area contributed by atoms with Crippen LogP contribution in [0.5, 0.6) is 0 Å². The molecule has 0 radical (unpaired) electrons. The molecule has 9 unspecified atom stereocenters. The zero-order valence-corrected chi connectivity index (χ0v) is 55.4. The molecule has 9 atom stereocenters. The summed E-state index contributed by atoms with van der Waals surface area (Å²) in [4.78, 5) is 13.3. The Hall–Kier alpha value is -1.93. The predicted octanol–water partition coefficient (Wildman–Crippen LogP) is 17.9. The molecular formula is C74H139NO10. The number of allylic oxidation sites excluding steroid dienone is 8. The number of rotatable bonds is 64. The van der Waals surface area contributed by atoms with Gasteiger partial charge >= 0.3 is 0 Å². The first-order valence-electron chi connectivity index (χ1n) is 36.5. The van der Waals surface area contributed by atoms with Crippen LogP contribution in [0, 0.1) is 0 Å². The second kappa shape index (κ2) is 62.3. The highest BCUT2D eigenvalue weighted by atomic mass is 16.7. The van der Waals surface area contributed by atoms with Gasteiger partial charge in [0.05, 0.1) is 25.4 Å². The molecular weight excluding hydrogens is 1060 g/mol. The van der Waals surface area contributed by atoms with Crippen molar-refractivity contribution >= 4 is 5.91 Å². The highest BCUT2D eigenvalue weighted by Gasteiger charge is 2.44. The first-order valence-corrected chi connectivity index (χ1v) is 36.5. The average molecular weight is 1200 g/mol. The number of carbonyl (C=O) groups is 1. The van der Waals surface area contributed by atoms with E-state index in [1.54, 1.807) is 0 Å². The van der Waals surface area contributed by atoms with Crippen molar-refractivity contribution in [2.24, 2.45) is 0 Å². The fraction of sp³-hybridized carbons (Fsp3) is 0.878. The second-order valence-corrected chi connectivity index (χ2v) is 25.6. The maximum atomic E-state index is 13.3. The van der Waals surface area contributed by atoms with Crippen LogP contribution < -0.4 is 5.32 Å². The van der Waals surface area contributed by atoms with Crippen molar-refractivity contribution in [1.82, 2.24) is 5.32 Å². The molecule has 11 nitrogen and oxygen atoms in total. The fourth-order valence-electron chi connectivity index (χ4n) is 11.7. The van der Waals surface area contributed by atoms with Gasteiger partial charge in [-0.3, -0.25) is 4.79 Å². The van der Waals surface area contributed by atoms with Gasteiger partial charge in [0.15, 0.2) is 6.29 Å². The lowest BCUT2D eigenvalue weighted by Crippen LogP contribution is -2.60. The number of aliphatic hydroxyl groups is 7. The van der Waals surface area contributed by atoms with Gasteiger partial charge in [0.2, 0.25) is 5.91 Å². The van der Waals surface area contributed by atoms with Crippen LogP contribution in [0.25, 0.3) is 0 Å². The summed E-state index contributed by atoms with van der Waals surface area (Å²) in [5.41, 5.74) is 0. The number of ether oxygens (including phenoxy) is 2. The third-order valence-corrected chi connectivity index (χ3v) is 17.6. The molecule has 1 fully saturated rings. The third-order valence-electron chi connectivity index (χ3n) is 17.6. The molecule has 0 aromatic carbocycles. The molecule has 0 aromatic heterocycles. The molecule has 1 aliphatic rings. The summed E-state index contributed by atoms with van der Waals surface area (Å²) >= 11 is 0. The van der Waals surface area contributed by atoms with Gasteiger partial charge < -0.3 is 50.5 Å². The monoisotopic (exact) mass is 1200 g/mol. The Morgan fingerprint density at radius 2 is 0.741 bits per heavy atom. The minimum absolute atomic E-state index is 0.246. The van der Waals surface area contributed by atoms with Crippen LogP contribution in [0.3, 0.4) is 0 Å². The summed E-state index contributed by atoms with van der Waals surface area (Å²) in [5, 5.41) is 76.5. The molecule has 1 saturated heterocycles. The molecule has 0 aliphatic carbocycles. The summed E-state index contributed by atoms with van der Waals surface area (Å²) in [6.07, 6.45) is 70.6.